The second-order valence-electron chi connectivity index (χ2n) is 9.70. The zero-order chi connectivity index (χ0) is 25.5. The average Bonchev–Trinajstić information content (AvgIpc) is 3.56. The van der Waals surface area contributed by atoms with E-state index in [0.717, 1.165) is 31.6 Å². The van der Waals surface area contributed by atoms with Gasteiger partial charge in [0.15, 0.2) is 12.1 Å². The van der Waals surface area contributed by atoms with Crippen molar-refractivity contribution in [2.75, 3.05) is 33.4 Å². The summed E-state index contributed by atoms with van der Waals surface area (Å²) in [5, 5.41) is 12.0. The van der Waals surface area contributed by atoms with E-state index in [1.165, 1.54) is 17.1 Å². The van der Waals surface area contributed by atoms with Crippen LogP contribution in [0.4, 0.5) is 4.39 Å². The first-order valence-corrected chi connectivity index (χ1v) is 12.6. The van der Waals surface area contributed by atoms with Crippen LogP contribution in [0.15, 0.2) is 41.3 Å². The maximum absolute atomic E-state index is 14.7. The number of halogens is 1. The molecule has 194 valence electrons. The van der Waals surface area contributed by atoms with E-state index in [9.17, 15) is 9.18 Å². The van der Waals surface area contributed by atoms with E-state index in [-0.39, 0.29) is 35.2 Å². The molecule has 4 rings (SSSR count). The lowest BCUT2D eigenvalue weighted by Crippen LogP contribution is -2.52. The van der Waals surface area contributed by atoms with Crippen LogP contribution in [0, 0.1) is 11.7 Å². The fourth-order valence-corrected chi connectivity index (χ4v) is 4.78. The highest BCUT2D eigenvalue weighted by molar-refractivity contribution is 5.93. The predicted octanol–water partition coefficient (Wildman–Crippen LogP) is 3.61. The number of amides is 1. The highest BCUT2D eigenvalue weighted by Crippen LogP contribution is 2.28. The van der Waals surface area contributed by atoms with Gasteiger partial charge in [0.1, 0.15) is 17.3 Å². The number of nitrogens with zero attached hydrogens (tertiary/aromatic N) is 5. The number of methoxy groups -OCH3 is 1. The van der Waals surface area contributed by atoms with Gasteiger partial charge in [0, 0.05) is 45.3 Å². The number of ether oxygens (including phenoxy) is 1. The van der Waals surface area contributed by atoms with Crippen molar-refractivity contribution in [2.24, 2.45) is 5.92 Å². The Kier molecular flexibility index (Phi) is 8.82. The molecule has 1 N–H and O–H groups in total. The van der Waals surface area contributed by atoms with E-state index in [2.05, 4.69) is 34.5 Å². The molecule has 2 atom stereocenters. The van der Waals surface area contributed by atoms with Crippen LogP contribution >= 0.6 is 0 Å². The lowest BCUT2D eigenvalue weighted by Gasteiger charge is -2.38. The van der Waals surface area contributed by atoms with Crippen LogP contribution in [0.2, 0.25) is 0 Å². The molecule has 9 nitrogen and oxygen atoms in total. The number of rotatable bonds is 11. The first-order chi connectivity index (χ1) is 17.5. The molecule has 2 unspecified atom stereocenters. The number of piperidine rings is 1. The Labute approximate surface area is 211 Å². The Balaban J connectivity index is 1.65. The van der Waals surface area contributed by atoms with Crippen molar-refractivity contribution in [3.63, 3.8) is 0 Å². The molecule has 1 fully saturated rings. The molecule has 3 aromatic rings. The van der Waals surface area contributed by atoms with Gasteiger partial charge >= 0.3 is 0 Å². The normalized spacial score (nSPS) is 18.0. The largest absolute Gasteiger partial charge is 0.448 e. The number of hydrogen-bond donors (Lipinski definition) is 1. The maximum Gasteiger partial charge on any atom is 0.276 e. The van der Waals surface area contributed by atoms with Crippen LogP contribution in [0.1, 0.15) is 61.0 Å². The van der Waals surface area contributed by atoms with Gasteiger partial charge in [-0.05, 0) is 43.7 Å². The molecular formula is C26H35FN6O3. The number of benzene rings is 1. The minimum Gasteiger partial charge on any atom is -0.448 e. The molecule has 0 aliphatic carbocycles. The van der Waals surface area contributed by atoms with Gasteiger partial charge in [-0.15, -0.1) is 5.10 Å². The van der Waals surface area contributed by atoms with Gasteiger partial charge < -0.3 is 19.4 Å². The molecule has 1 aliphatic heterocycles. The van der Waals surface area contributed by atoms with Crippen LogP contribution in [-0.2, 0) is 11.2 Å². The van der Waals surface area contributed by atoms with E-state index >= 15 is 0 Å². The summed E-state index contributed by atoms with van der Waals surface area (Å²) in [5.74, 6) is 0.596. The van der Waals surface area contributed by atoms with Crippen molar-refractivity contribution < 1.29 is 18.3 Å². The van der Waals surface area contributed by atoms with Gasteiger partial charge in [-0.3, -0.25) is 4.79 Å². The number of para-hydroxylation sites is 1. The lowest BCUT2D eigenvalue weighted by atomic mass is 9.92. The molecule has 1 saturated heterocycles. The summed E-state index contributed by atoms with van der Waals surface area (Å²) >= 11 is 0. The van der Waals surface area contributed by atoms with E-state index in [1.807, 2.05) is 4.90 Å². The Bertz CT molecular complexity index is 1120. The van der Waals surface area contributed by atoms with Gasteiger partial charge in [-0.2, -0.15) is 0 Å². The number of carbonyl (C=O) groups is 1. The monoisotopic (exact) mass is 498 g/mol. The highest BCUT2D eigenvalue weighted by Gasteiger charge is 2.35. The van der Waals surface area contributed by atoms with Gasteiger partial charge in [0.25, 0.3) is 5.91 Å². The van der Waals surface area contributed by atoms with Crippen molar-refractivity contribution in [3.8, 4) is 5.69 Å². The topological polar surface area (TPSA) is 98.3 Å². The summed E-state index contributed by atoms with van der Waals surface area (Å²) in [5.41, 5.74) is 1.18. The zero-order valence-corrected chi connectivity index (χ0v) is 21.2. The van der Waals surface area contributed by atoms with Gasteiger partial charge in [0.05, 0.1) is 11.9 Å². The highest BCUT2D eigenvalue weighted by atomic mass is 19.1. The quantitative estimate of drug-likeness (QED) is 0.403. The molecule has 3 heterocycles. The average molecular weight is 499 g/mol. The fraction of sp³-hybridized carbons (Fsp3) is 0.538. The Hall–Kier alpha value is -3.11. The molecule has 0 radical (unpaired) electrons. The van der Waals surface area contributed by atoms with Gasteiger partial charge in [0.2, 0.25) is 0 Å². The Morgan fingerprint density at radius 3 is 2.86 bits per heavy atom. The SMILES string of the molecule is COCCCCc1c(C(=O)N(CC(C)C)C2CNCC(c3cnco3)C2)nnn1-c1ccccc1F. The van der Waals surface area contributed by atoms with Crippen molar-refractivity contribution in [3.05, 3.63) is 59.8 Å². The number of nitrogens with one attached hydrogen (secondary N) is 1. The smallest absolute Gasteiger partial charge is 0.276 e. The Morgan fingerprint density at radius 2 is 2.14 bits per heavy atom. The van der Waals surface area contributed by atoms with Crippen molar-refractivity contribution in [1.82, 2.24) is 30.2 Å². The van der Waals surface area contributed by atoms with E-state index in [1.54, 1.807) is 31.5 Å². The summed E-state index contributed by atoms with van der Waals surface area (Å²) < 4.78 is 26.9. The number of oxazole rings is 1. The number of hydrogen-bond acceptors (Lipinski definition) is 7. The molecule has 10 heteroatoms. The van der Waals surface area contributed by atoms with E-state index in [0.29, 0.717) is 31.8 Å². The lowest BCUT2D eigenvalue weighted by molar-refractivity contribution is 0.0597. The Morgan fingerprint density at radius 1 is 1.31 bits per heavy atom. The standard InChI is InChI=1S/C26H35FN6O3/c1-18(2)16-32(20-12-19(13-28-14-20)24-15-29-17-36-24)26(34)25-23(10-6-7-11-35-3)33(31-30-25)22-9-5-4-8-21(22)27/h4-5,8-9,15,17-20,28H,6-7,10-14,16H2,1-3H3. The summed E-state index contributed by atoms with van der Waals surface area (Å²) in [4.78, 5) is 20.0. The maximum atomic E-state index is 14.7. The summed E-state index contributed by atoms with van der Waals surface area (Å²) in [6, 6.07) is 6.36. The van der Waals surface area contributed by atoms with E-state index < -0.39 is 5.82 Å². The van der Waals surface area contributed by atoms with Gasteiger partial charge in [-0.1, -0.05) is 31.2 Å². The first kappa shape index (κ1) is 26.0. The summed E-state index contributed by atoms with van der Waals surface area (Å²) in [6.45, 7) is 6.81. The summed E-state index contributed by atoms with van der Waals surface area (Å²) in [7, 11) is 1.66. The number of unbranched alkanes of at least 4 members (excludes halogenated alkanes) is 1. The van der Waals surface area contributed by atoms with Crippen molar-refractivity contribution in [1.29, 1.82) is 0 Å². The number of carbonyl (C=O) groups excluding carboxylic acids is 1. The predicted molar refractivity (Wildman–Crippen MR) is 133 cm³/mol. The van der Waals surface area contributed by atoms with Crippen LogP contribution in [0.25, 0.3) is 5.69 Å². The third kappa shape index (κ3) is 5.99. The van der Waals surface area contributed by atoms with Crippen molar-refractivity contribution in [2.45, 2.75) is 51.5 Å². The molecular weight excluding hydrogens is 463 g/mol. The minimum absolute atomic E-state index is 0.0521. The molecule has 0 bridgehead atoms. The second kappa shape index (κ2) is 12.2. The van der Waals surface area contributed by atoms with Crippen LogP contribution in [-0.4, -0.2) is 70.2 Å². The number of aromatic nitrogens is 4. The molecule has 1 amide bonds. The van der Waals surface area contributed by atoms with Crippen LogP contribution < -0.4 is 5.32 Å². The molecule has 36 heavy (non-hydrogen) atoms. The summed E-state index contributed by atoms with van der Waals surface area (Å²) in [6.07, 6.45) is 6.04. The third-order valence-corrected chi connectivity index (χ3v) is 6.50. The van der Waals surface area contributed by atoms with Crippen LogP contribution in [0.5, 0.6) is 0 Å². The fourth-order valence-electron chi connectivity index (χ4n) is 4.78. The molecule has 1 aromatic carbocycles. The zero-order valence-electron chi connectivity index (χ0n) is 21.2. The van der Waals surface area contributed by atoms with Gasteiger partial charge in [-0.25, -0.2) is 14.1 Å². The minimum atomic E-state index is -0.412. The van der Waals surface area contributed by atoms with E-state index in [4.69, 9.17) is 9.15 Å². The third-order valence-electron chi connectivity index (χ3n) is 6.50. The molecule has 1 aliphatic rings. The molecule has 0 spiro atoms. The van der Waals surface area contributed by atoms with Crippen molar-refractivity contribution >= 4 is 5.91 Å². The first-order valence-electron chi connectivity index (χ1n) is 12.6. The molecule has 2 aromatic heterocycles. The second-order valence-corrected chi connectivity index (χ2v) is 9.70. The molecule has 0 saturated carbocycles. The van der Waals surface area contributed by atoms with Crippen LogP contribution in [0.3, 0.4) is 0 Å².